The van der Waals surface area contributed by atoms with E-state index in [1.165, 1.54) is 11.1 Å². The Morgan fingerprint density at radius 1 is 1.12 bits per heavy atom. The first kappa shape index (κ1) is 22.5. The monoisotopic (exact) mass is 457 g/mol. The maximum absolute atomic E-state index is 12.2. The molecule has 0 amide bonds. The number of aromatic nitrogens is 4. The summed E-state index contributed by atoms with van der Waals surface area (Å²) >= 11 is 0. The third-order valence-electron chi connectivity index (χ3n) is 6.93. The number of nitrogens with zero attached hydrogens (tertiary/aromatic N) is 5. The van der Waals surface area contributed by atoms with E-state index in [0.717, 1.165) is 74.3 Å². The number of para-hydroxylation sites is 1. The summed E-state index contributed by atoms with van der Waals surface area (Å²) in [5.74, 6) is 1.83. The zero-order valence-corrected chi connectivity index (χ0v) is 19.9. The van der Waals surface area contributed by atoms with Crippen molar-refractivity contribution in [2.45, 2.75) is 52.0 Å². The van der Waals surface area contributed by atoms with Gasteiger partial charge in [-0.1, -0.05) is 30.3 Å². The Morgan fingerprint density at radius 3 is 2.65 bits per heavy atom. The Balaban J connectivity index is 1.17. The van der Waals surface area contributed by atoms with E-state index < -0.39 is 0 Å². The second-order valence-corrected chi connectivity index (χ2v) is 9.12. The lowest BCUT2D eigenvalue weighted by atomic mass is 9.96. The van der Waals surface area contributed by atoms with Crippen molar-refractivity contribution in [3.05, 3.63) is 65.9 Å². The van der Waals surface area contributed by atoms with Crippen LogP contribution in [0.1, 0.15) is 60.8 Å². The predicted molar refractivity (Wildman–Crippen MR) is 132 cm³/mol. The highest BCUT2D eigenvalue weighted by atomic mass is 16.5. The van der Waals surface area contributed by atoms with Crippen LogP contribution < -0.4 is 0 Å². The normalized spacial score (nSPS) is 15.2. The lowest BCUT2D eigenvalue weighted by molar-refractivity contribution is 0.101. The van der Waals surface area contributed by atoms with Gasteiger partial charge in [0.05, 0.1) is 5.52 Å². The SMILES string of the molecule is CCc1cccc2c(C(C)=O)cn(CCCN3CCC(c4nc(-c5ccncc5)no4)CC3)c12. The van der Waals surface area contributed by atoms with Gasteiger partial charge in [0.1, 0.15) is 0 Å². The summed E-state index contributed by atoms with van der Waals surface area (Å²) in [4.78, 5) is 23.4. The molecule has 7 heteroatoms. The van der Waals surface area contributed by atoms with Crippen molar-refractivity contribution < 1.29 is 9.32 Å². The predicted octanol–water partition coefficient (Wildman–Crippen LogP) is 5.12. The smallest absolute Gasteiger partial charge is 0.230 e. The van der Waals surface area contributed by atoms with Gasteiger partial charge >= 0.3 is 0 Å². The van der Waals surface area contributed by atoms with Crippen LogP contribution in [0.25, 0.3) is 22.3 Å². The molecule has 0 radical (unpaired) electrons. The van der Waals surface area contributed by atoms with Crippen LogP contribution in [0.3, 0.4) is 0 Å². The van der Waals surface area contributed by atoms with Gasteiger partial charge < -0.3 is 14.0 Å². The number of ketones is 1. The molecule has 0 bridgehead atoms. The van der Waals surface area contributed by atoms with Crippen molar-refractivity contribution >= 4 is 16.7 Å². The molecule has 0 N–H and O–H groups in total. The summed E-state index contributed by atoms with van der Waals surface area (Å²) in [7, 11) is 0. The van der Waals surface area contributed by atoms with Crippen LogP contribution in [0.4, 0.5) is 0 Å². The van der Waals surface area contributed by atoms with Crippen LogP contribution in [-0.2, 0) is 13.0 Å². The number of rotatable bonds is 8. The minimum absolute atomic E-state index is 0.132. The van der Waals surface area contributed by atoms with Crippen molar-refractivity contribution in [2.75, 3.05) is 19.6 Å². The lowest BCUT2D eigenvalue weighted by Gasteiger charge is -2.30. The standard InChI is InChI=1S/C27H31N5O2/c1-3-20-6-4-7-23-24(19(2)33)18-32(25(20)23)15-5-14-31-16-10-22(11-17-31)27-29-26(30-34-27)21-8-12-28-13-9-21/h4,6-9,12-13,18,22H,3,5,10-11,14-17H2,1-2H3. The Labute approximate surface area is 199 Å². The number of carbonyl (C=O) groups is 1. The van der Waals surface area contributed by atoms with Crippen LogP contribution in [-0.4, -0.2) is 50.0 Å². The van der Waals surface area contributed by atoms with E-state index in [9.17, 15) is 4.79 Å². The summed E-state index contributed by atoms with van der Waals surface area (Å²) in [5.41, 5.74) is 4.28. The first-order valence-corrected chi connectivity index (χ1v) is 12.2. The van der Waals surface area contributed by atoms with Gasteiger partial charge in [-0.05, 0) is 69.9 Å². The van der Waals surface area contributed by atoms with Crippen molar-refractivity contribution in [3.8, 4) is 11.4 Å². The van der Waals surface area contributed by atoms with Gasteiger partial charge in [-0.3, -0.25) is 9.78 Å². The molecule has 176 valence electrons. The van der Waals surface area contributed by atoms with E-state index >= 15 is 0 Å². The Kier molecular flexibility index (Phi) is 6.54. The van der Waals surface area contributed by atoms with Crippen LogP contribution in [0.2, 0.25) is 0 Å². The Bertz CT molecular complexity index is 1270. The third-order valence-corrected chi connectivity index (χ3v) is 6.93. The molecule has 5 rings (SSSR count). The van der Waals surface area contributed by atoms with Crippen molar-refractivity contribution in [1.29, 1.82) is 0 Å². The van der Waals surface area contributed by atoms with Gasteiger partial charge in [-0.2, -0.15) is 4.98 Å². The summed E-state index contributed by atoms with van der Waals surface area (Å²) in [5, 5.41) is 5.24. The fraction of sp³-hybridized carbons (Fsp3) is 0.407. The number of likely N-dealkylation sites (tertiary alicyclic amines) is 1. The molecule has 4 heterocycles. The first-order valence-electron chi connectivity index (χ1n) is 12.2. The van der Waals surface area contributed by atoms with Gasteiger partial charge in [0, 0.05) is 47.6 Å². The Morgan fingerprint density at radius 2 is 1.91 bits per heavy atom. The summed E-state index contributed by atoms with van der Waals surface area (Å²) < 4.78 is 7.87. The molecule has 0 saturated carbocycles. The van der Waals surface area contributed by atoms with Crippen LogP contribution in [0.15, 0.2) is 53.4 Å². The summed E-state index contributed by atoms with van der Waals surface area (Å²) in [6.45, 7) is 7.85. The molecule has 4 aromatic rings. The molecule has 0 aliphatic carbocycles. The highest BCUT2D eigenvalue weighted by Crippen LogP contribution is 2.29. The second kappa shape index (κ2) is 9.89. The number of Topliss-reactive ketones (excluding diaryl/α,β-unsaturated/α-hetero) is 1. The van der Waals surface area contributed by atoms with E-state index in [4.69, 9.17) is 4.52 Å². The second-order valence-electron chi connectivity index (χ2n) is 9.12. The third kappa shape index (κ3) is 4.53. The fourth-order valence-electron chi connectivity index (χ4n) is 5.07. The van der Waals surface area contributed by atoms with E-state index in [1.807, 2.05) is 18.3 Å². The van der Waals surface area contributed by atoms with Crippen molar-refractivity contribution in [2.24, 2.45) is 0 Å². The molecule has 1 aliphatic rings. The molecular formula is C27H31N5O2. The molecule has 1 aromatic carbocycles. The average molecular weight is 458 g/mol. The highest BCUT2D eigenvalue weighted by Gasteiger charge is 2.25. The molecule has 3 aromatic heterocycles. The van der Waals surface area contributed by atoms with Crippen LogP contribution in [0.5, 0.6) is 0 Å². The number of benzene rings is 1. The largest absolute Gasteiger partial charge is 0.346 e. The maximum atomic E-state index is 12.2. The molecule has 0 unspecified atom stereocenters. The first-order chi connectivity index (χ1) is 16.6. The van der Waals surface area contributed by atoms with E-state index in [1.54, 1.807) is 19.3 Å². The zero-order chi connectivity index (χ0) is 23.5. The van der Waals surface area contributed by atoms with E-state index in [0.29, 0.717) is 11.7 Å². The lowest BCUT2D eigenvalue weighted by Crippen LogP contribution is -2.34. The maximum Gasteiger partial charge on any atom is 0.230 e. The Hall–Kier alpha value is -3.32. The van der Waals surface area contributed by atoms with Gasteiger partial charge in [0.25, 0.3) is 0 Å². The van der Waals surface area contributed by atoms with Gasteiger partial charge in [-0.15, -0.1) is 0 Å². The molecular weight excluding hydrogens is 426 g/mol. The number of aryl methyl sites for hydroxylation is 2. The molecule has 0 atom stereocenters. The minimum atomic E-state index is 0.132. The summed E-state index contributed by atoms with van der Waals surface area (Å²) in [6, 6.07) is 10.1. The van der Waals surface area contributed by atoms with Crippen molar-refractivity contribution in [3.63, 3.8) is 0 Å². The van der Waals surface area contributed by atoms with Gasteiger partial charge in [0.2, 0.25) is 11.7 Å². The average Bonchev–Trinajstić information content (AvgIpc) is 3.51. The van der Waals surface area contributed by atoms with Crippen LogP contribution >= 0.6 is 0 Å². The zero-order valence-electron chi connectivity index (χ0n) is 19.9. The number of piperidine rings is 1. The molecule has 7 nitrogen and oxygen atoms in total. The van der Waals surface area contributed by atoms with Gasteiger partial charge in [0.15, 0.2) is 5.78 Å². The molecule has 1 aliphatic heterocycles. The minimum Gasteiger partial charge on any atom is -0.346 e. The van der Waals surface area contributed by atoms with Crippen molar-refractivity contribution in [1.82, 2.24) is 24.6 Å². The number of carbonyl (C=O) groups excluding carboxylic acids is 1. The quantitative estimate of drug-likeness (QED) is 0.342. The number of pyridine rings is 1. The number of hydrogen-bond donors (Lipinski definition) is 0. The molecule has 34 heavy (non-hydrogen) atoms. The van der Waals surface area contributed by atoms with E-state index in [2.05, 4.69) is 49.7 Å². The molecule has 1 fully saturated rings. The molecule has 0 spiro atoms. The number of fused-ring (bicyclic) bond motifs is 1. The van der Waals surface area contributed by atoms with Gasteiger partial charge in [-0.25, -0.2) is 0 Å². The fourth-order valence-corrected chi connectivity index (χ4v) is 5.07. The summed E-state index contributed by atoms with van der Waals surface area (Å²) in [6.07, 6.45) is 9.60. The number of hydrogen-bond acceptors (Lipinski definition) is 6. The topological polar surface area (TPSA) is 77.1 Å². The van der Waals surface area contributed by atoms with E-state index in [-0.39, 0.29) is 5.78 Å². The highest BCUT2D eigenvalue weighted by molar-refractivity contribution is 6.07. The molecule has 1 saturated heterocycles. The van der Waals surface area contributed by atoms with Crippen LogP contribution in [0, 0.1) is 0 Å².